The number of halogens is 6. The lowest BCUT2D eigenvalue weighted by Crippen LogP contribution is -2.22. The van der Waals surface area contributed by atoms with Crippen LogP contribution < -0.4 is 20.1 Å². The van der Waals surface area contributed by atoms with Crippen molar-refractivity contribution >= 4 is 28.7 Å². The Kier molecular flexibility index (Phi) is 7.40. The van der Waals surface area contributed by atoms with Crippen molar-refractivity contribution < 1.29 is 35.8 Å². The number of hydrogen-bond donors (Lipinski definition) is 2. The molecule has 0 saturated carbocycles. The number of hydrogen-bond acceptors (Lipinski definition) is 3. The number of alkyl halides is 6. The van der Waals surface area contributed by atoms with Crippen LogP contribution in [-0.2, 0) is 0 Å². The van der Waals surface area contributed by atoms with Gasteiger partial charge in [0.15, 0.2) is 18.3 Å². The molecular weight excluding hydrogens is 434 g/mol. The second-order valence-corrected chi connectivity index (χ2v) is 6.74. The number of ether oxygens (including phenoxy) is 2. The summed E-state index contributed by atoms with van der Waals surface area (Å²) in [5, 5.41) is 5.72. The Labute approximate surface area is 174 Å². The van der Waals surface area contributed by atoms with Gasteiger partial charge in [0.25, 0.3) is 0 Å². The van der Waals surface area contributed by atoms with Crippen molar-refractivity contribution in [3.8, 4) is 11.5 Å². The van der Waals surface area contributed by atoms with Crippen LogP contribution in [0.3, 0.4) is 0 Å². The maximum Gasteiger partial charge on any atom is 0.422 e. The van der Waals surface area contributed by atoms with Crippen molar-refractivity contribution in [1.82, 2.24) is 0 Å². The van der Waals surface area contributed by atoms with Crippen molar-refractivity contribution in [3.05, 3.63) is 47.5 Å². The first kappa shape index (κ1) is 23.6. The Hall–Kier alpha value is -2.69. The molecule has 0 aromatic heterocycles. The molecule has 0 aliphatic carbocycles. The lowest BCUT2D eigenvalue weighted by Gasteiger charge is -2.17. The van der Waals surface area contributed by atoms with Crippen LogP contribution in [0.4, 0.5) is 37.7 Å². The summed E-state index contributed by atoms with van der Waals surface area (Å²) in [5.41, 5.74) is 2.73. The third-order valence-electron chi connectivity index (χ3n) is 3.80. The normalized spacial score (nSPS) is 11.7. The largest absolute Gasteiger partial charge is 0.484 e. The molecule has 0 spiro atoms. The minimum atomic E-state index is -4.62. The molecule has 4 nitrogen and oxygen atoms in total. The molecule has 0 unspecified atom stereocenters. The Morgan fingerprint density at radius 2 is 1.40 bits per heavy atom. The third kappa shape index (κ3) is 7.97. The monoisotopic (exact) mass is 452 g/mol. The third-order valence-corrected chi connectivity index (χ3v) is 4.00. The van der Waals surface area contributed by atoms with Gasteiger partial charge in [-0.25, -0.2) is 0 Å². The minimum Gasteiger partial charge on any atom is -0.484 e. The molecule has 0 radical (unpaired) electrons. The van der Waals surface area contributed by atoms with Crippen LogP contribution in [0.2, 0.25) is 0 Å². The molecule has 0 saturated heterocycles. The Balaban J connectivity index is 2.19. The summed E-state index contributed by atoms with van der Waals surface area (Å²) in [6.07, 6.45) is -9.23. The number of thiocarbonyl (C=S) groups is 1. The van der Waals surface area contributed by atoms with Gasteiger partial charge in [0.2, 0.25) is 0 Å². The van der Waals surface area contributed by atoms with E-state index < -0.39 is 25.6 Å². The van der Waals surface area contributed by atoms with Gasteiger partial charge in [-0.2, -0.15) is 26.3 Å². The molecule has 2 aromatic carbocycles. The summed E-state index contributed by atoms with van der Waals surface area (Å²) in [6.45, 7) is 0.554. The van der Waals surface area contributed by atoms with E-state index >= 15 is 0 Å². The number of aryl methyl sites for hydroxylation is 1. The molecule has 2 N–H and O–H groups in total. The molecule has 2 aromatic rings. The predicted octanol–water partition coefficient (Wildman–Crippen LogP) is 5.99. The van der Waals surface area contributed by atoms with Crippen molar-refractivity contribution in [1.29, 1.82) is 0 Å². The van der Waals surface area contributed by atoms with Gasteiger partial charge in [-0.3, -0.25) is 0 Å². The summed E-state index contributed by atoms with van der Waals surface area (Å²) < 4.78 is 83.8. The van der Waals surface area contributed by atoms with Gasteiger partial charge in [0.1, 0.15) is 11.5 Å². The summed E-state index contributed by atoms with van der Waals surface area (Å²) in [5.74, 6) is -0.659. The highest BCUT2D eigenvalue weighted by molar-refractivity contribution is 7.80. The van der Waals surface area contributed by atoms with Crippen LogP contribution in [0.1, 0.15) is 11.1 Å². The van der Waals surface area contributed by atoms with E-state index in [4.69, 9.17) is 12.2 Å². The molecule has 0 aliphatic heterocycles. The van der Waals surface area contributed by atoms with E-state index in [9.17, 15) is 26.3 Å². The van der Waals surface area contributed by atoms with Crippen LogP contribution in [0.15, 0.2) is 36.4 Å². The first-order chi connectivity index (χ1) is 13.8. The molecule has 0 heterocycles. The van der Waals surface area contributed by atoms with E-state index in [1.807, 2.05) is 26.0 Å². The van der Waals surface area contributed by atoms with Crippen molar-refractivity contribution in [2.45, 2.75) is 26.2 Å². The predicted molar refractivity (Wildman–Crippen MR) is 105 cm³/mol. The summed E-state index contributed by atoms with van der Waals surface area (Å²) >= 11 is 5.19. The van der Waals surface area contributed by atoms with Gasteiger partial charge < -0.3 is 20.1 Å². The number of anilines is 2. The highest BCUT2D eigenvalue weighted by Gasteiger charge is 2.30. The smallest absolute Gasteiger partial charge is 0.422 e. The topological polar surface area (TPSA) is 42.5 Å². The second-order valence-electron chi connectivity index (χ2n) is 6.33. The SMILES string of the molecule is Cc1cccc(NC(=S)Nc2cc(OCC(F)(F)F)cc(OCC(F)(F)F)c2)c1C. The number of benzene rings is 2. The lowest BCUT2D eigenvalue weighted by atomic mass is 10.1. The van der Waals surface area contributed by atoms with Gasteiger partial charge in [-0.15, -0.1) is 0 Å². The Bertz CT molecular complexity index is 863. The summed E-state index contributed by atoms with van der Waals surface area (Å²) in [4.78, 5) is 0. The molecule has 0 amide bonds. The van der Waals surface area contributed by atoms with Crippen molar-refractivity contribution in [3.63, 3.8) is 0 Å². The van der Waals surface area contributed by atoms with Crippen LogP contribution in [0, 0.1) is 13.8 Å². The quantitative estimate of drug-likeness (QED) is 0.416. The molecule has 0 bridgehead atoms. The maximum absolute atomic E-state index is 12.4. The fraction of sp³-hybridized carbons (Fsp3) is 0.316. The zero-order valence-corrected chi connectivity index (χ0v) is 16.7. The van der Waals surface area contributed by atoms with Crippen molar-refractivity contribution in [2.75, 3.05) is 23.8 Å². The lowest BCUT2D eigenvalue weighted by molar-refractivity contribution is -0.153. The highest BCUT2D eigenvalue weighted by Crippen LogP contribution is 2.29. The van der Waals surface area contributed by atoms with E-state index in [-0.39, 0.29) is 22.3 Å². The zero-order chi connectivity index (χ0) is 22.5. The van der Waals surface area contributed by atoms with Gasteiger partial charge in [0, 0.05) is 29.6 Å². The summed E-state index contributed by atoms with van der Waals surface area (Å²) in [6, 6.07) is 8.76. The van der Waals surface area contributed by atoms with Crippen molar-refractivity contribution in [2.24, 2.45) is 0 Å². The van der Waals surface area contributed by atoms with Gasteiger partial charge in [-0.05, 0) is 43.3 Å². The number of nitrogens with one attached hydrogen (secondary N) is 2. The standard InChI is InChI=1S/C19H18F6N2O2S/c1-11-4-3-5-16(12(11)2)27-17(30)26-13-6-14(28-9-18(20,21)22)8-15(7-13)29-10-19(23,24)25/h3-8H,9-10H2,1-2H3,(H2,26,27,30). The fourth-order valence-corrected chi connectivity index (χ4v) is 2.54. The minimum absolute atomic E-state index is 0.0819. The molecule has 164 valence electrons. The molecule has 0 atom stereocenters. The average molecular weight is 452 g/mol. The number of rotatable bonds is 6. The molecule has 0 aliphatic rings. The molecule has 11 heteroatoms. The fourth-order valence-electron chi connectivity index (χ4n) is 2.31. The maximum atomic E-state index is 12.4. The molecule has 2 rings (SSSR count). The molecule has 30 heavy (non-hydrogen) atoms. The van der Waals surface area contributed by atoms with Crippen LogP contribution in [0.25, 0.3) is 0 Å². The molecule has 0 fully saturated rings. The summed E-state index contributed by atoms with van der Waals surface area (Å²) in [7, 11) is 0. The van der Waals surface area contributed by atoms with E-state index in [1.54, 1.807) is 6.07 Å². The highest BCUT2D eigenvalue weighted by atomic mass is 32.1. The van der Waals surface area contributed by atoms with E-state index in [2.05, 4.69) is 20.1 Å². The second kappa shape index (κ2) is 9.41. The Morgan fingerprint density at radius 1 is 0.867 bits per heavy atom. The van der Waals surface area contributed by atoms with Gasteiger partial charge >= 0.3 is 12.4 Å². The van der Waals surface area contributed by atoms with Gasteiger partial charge in [-0.1, -0.05) is 12.1 Å². The van der Waals surface area contributed by atoms with E-state index in [0.29, 0.717) is 5.69 Å². The first-order valence-corrected chi connectivity index (χ1v) is 8.92. The van der Waals surface area contributed by atoms with Crippen LogP contribution in [-0.4, -0.2) is 30.7 Å². The van der Waals surface area contributed by atoms with E-state index in [0.717, 1.165) is 17.2 Å². The van der Waals surface area contributed by atoms with Crippen LogP contribution >= 0.6 is 12.2 Å². The molecular formula is C19H18F6N2O2S. The van der Waals surface area contributed by atoms with Gasteiger partial charge in [0.05, 0.1) is 0 Å². The zero-order valence-electron chi connectivity index (χ0n) is 15.9. The average Bonchev–Trinajstić information content (AvgIpc) is 2.61. The van der Waals surface area contributed by atoms with Crippen LogP contribution in [0.5, 0.6) is 11.5 Å². The first-order valence-electron chi connectivity index (χ1n) is 8.51. The Morgan fingerprint density at radius 3 is 1.90 bits per heavy atom. The van der Waals surface area contributed by atoms with E-state index in [1.165, 1.54) is 12.1 Å².